The van der Waals surface area contributed by atoms with Gasteiger partial charge in [-0.3, -0.25) is 4.79 Å². The number of hydrogen-bond acceptors (Lipinski definition) is 2. The van der Waals surface area contributed by atoms with E-state index in [-0.39, 0.29) is 5.97 Å². The molecular weight excluding hydrogens is 128 g/mol. The standard InChI is InChI=1S/C6H10O2.C2H4/c1-3-5-8-6(7)4-2;1-2/h3H,1,4-5H2,2H3;1-2H2. The number of hydrogen-bond donors (Lipinski definition) is 0. The molecule has 10 heavy (non-hydrogen) atoms. The quantitative estimate of drug-likeness (QED) is 0.444. The van der Waals surface area contributed by atoms with Crippen molar-refractivity contribution in [3.63, 3.8) is 0 Å². The summed E-state index contributed by atoms with van der Waals surface area (Å²) in [6.07, 6.45) is 1.99. The third kappa shape index (κ3) is 10.0. The largest absolute Gasteiger partial charge is 0.461 e. The van der Waals surface area contributed by atoms with Crippen molar-refractivity contribution in [2.75, 3.05) is 6.61 Å². The van der Waals surface area contributed by atoms with Crippen molar-refractivity contribution in [1.29, 1.82) is 0 Å². The Morgan fingerprint density at radius 1 is 1.60 bits per heavy atom. The minimum atomic E-state index is -0.176. The second-order valence-corrected chi connectivity index (χ2v) is 1.33. The lowest BCUT2D eigenvalue weighted by Gasteiger charge is -1.94. The molecule has 0 rings (SSSR count). The van der Waals surface area contributed by atoms with Gasteiger partial charge in [-0.15, -0.1) is 13.2 Å². The van der Waals surface area contributed by atoms with E-state index in [2.05, 4.69) is 24.5 Å². The first-order valence-electron chi connectivity index (χ1n) is 3.07. The summed E-state index contributed by atoms with van der Waals surface area (Å²) in [5.41, 5.74) is 0. The predicted octanol–water partition coefficient (Wildman–Crippen LogP) is 1.93. The van der Waals surface area contributed by atoms with Crippen LogP contribution in [-0.2, 0) is 9.53 Å². The van der Waals surface area contributed by atoms with Gasteiger partial charge in [-0.05, 0) is 0 Å². The Balaban J connectivity index is 0. The zero-order valence-electron chi connectivity index (χ0n) is 6.43. The van der Waals surface area contributed by atoms with Gasteiger partial charge in [0.2, 0.25) is 0 Å². The second-order valence-electron chi connectivity index (χ2n) is 1.33. The molecule has 0 amide bonds. The van der Waals surface area contributed by atoms with Gasteiger partial charge in [0.25, 0.3) is 0 Å². The van der Waals surface area contributed by atoms with Gasteiger partial charge in [-0.1, -0.05) is 19.6 Å². The fourth-order valence-corrected chi connectivity index (χ4v) is 0.254. The third-order valence-electron chi connectivity index (χ3n) is 0.651. The van der Waals surface area contributed by atoms with Crippen LogP contribution in [0.2, 0.25) is 0 Å². The molecule has 58 valence electrons. The highest BCUT2D eigenvalue weighted by Gasteiger charge is 1.92. The smallest absolute Gasteiger partial charge is 0.305 e. The topological polar surface area (TPSA) is 26.3 Å². The normalized spacial score (nSPS) is 6.90. The van der Waals surface area contributed by atoms with Crippen molar-refractivity contribution in [1.82, 2.24) is 0 Å². The number of esters is 1. The van der Waals surface area contributed by atoms with Crippen molar-refractivity contribution >= 4 is 5.97 Å². The maximum atomic E-state index is 10.3. The Morgan fingerprint density at radius 2 is 2.10 bits per heavy atom. The lowest BCUT2D eigenvalue weighted by molar-refractivity contribution is -0.141. The third-order valence-corrected chi connectivity index (χ3v) is 0.651. The molecule has 0 aromatic rings. The van der Waals surface area contributed by atoms with Crippen LogP contribution < -0.4 is 0 Å². The molecule has 0 aliphatic carbocycles. The van der Waals surface area contributed by atoms with E-state index in [4.69, 9.17) is 0 Å². The average Bonchev–Trinajstić information content (AvgIpc) is 2.04. The molecule has 0 heterocycles. The fraction of sp³-hybridized carbons (Fsp3) is 0.375. The highest BCUT2D eigenvalue weighted by atomic mass is 16.5. The molecule has 0 aromatic heterocycles. The van der Waals surface area contributed by atoms with Crippen molar-refractivity contribution in [2.24, 2.45) is 0 Å². The van der Waals surface area contributed by atoms with Crippen LogP contribution >= 0.6 is 0 Å². The molecule has 0 aliphatic rings. The first-order valence-corrected chi connectivity index (χ1v) is 3.07. The molecule has 0 radical (unpaired) electrons. The minimum Gasteiger partial charge on any atom is -0.461 e. The second kappa shape index (κ2) is 10.8. The molecule has 2 heteroatoms. The molecule has 0 aromatic carbocycles. The van der Waals surface area contributed by atoms with Crippen LogP contribution in [0.5, 0.6) is 0 Å². The number of ether oxygens (including phenoxy) is 1. The minimum absolute atomic E-state index is 0.176. The molecule has 0 spiro atoms. The molecule has 0 aliphatic heterocycles. The number of carbonyl (C=O) groups excluding carboxylic acids is 1. The van der Waals surface area contributed by atoms with Crippen molar-refractivity contribution in [3.8, 4) is 0 Å². The summed E-state index contributed by atoms with van der Waals surface area (Å²) in [6.45, 7) is 11.5. The summed E-state index contributed by atoms with van der Waals surface area (Å²) >= 11 is 0. The van der Waals surface area contributed by atoms with E-state index < -0.39 is 0 Å². The van der Waals surface area contributed by atoms with Crippen LogP contribution in [0.1, 0.15) is 13.3 Å². The Hall–Kier alpha value is -1.05. The first-order chi connectivity index (χ1) is 4.81. The van der Waals surface area contributed by atoms with Crippen LogP contribution in [0.25, 0.3) is 0 Å². The van der Waals surface area contributed by atoms with E-state index in [0.29, 0.717) is 13.0 Å². The summed E-state index contributed by atoms with van der Waals surface area (Å²) in [4.78, 5) is 10.3. The SMILES string of the molecule is C=C.C=CCOC(=O)CC. The Kier molecular flexibility index (Phi) is 12.7. The van der Waals surface area contributed by atoms with E-state index in [1.165, 1.54) is 0 Å². The van der Waals surface area contributed by atoms with Gasteiger partial charge in [-0.2, -0.15) is 0 Å². The van der Waals surface area contributed by atoms with E-state index in [9.17, 15) is 4.79 Å². The zero-order valence-corrected chi connectivity index (χ0v) is 6.43. The summed E-state index contributed by atoms with van der Waals surface area (Å²) < 4.78 is 4.58. The monoisotopic (exact) mass is 142 g/mol. The maximum Gasteiger partial charge on any atom is 0.305 e. The van der Waals surface area contributed by atoms with Crippen LogP contribution in [-0.4, -0.2) is 12.6 Å². The average molecular weight is 142 g/mol. The van der Waals surface area contributed by atoms with Crippen molar-refractivity contribution in [2.45, 2.75) is 13.3 Å². The Labute approximate surface area is 62.2 Å². The van der Waals surface area contributed by atoms with Crippen LogP contribution in [0.3, 0.4) is 0 Å². The van der Waals surface area contributed by atoms with Gasteiger partial charge in [0.05, 0.1) is 0 Å². The van der Waals surface area contributed by atoms with E-state index >= 15 is 0 Å². The number of carbonyl (C=O) groups is 1. The van der Waals surface area contributed by atoms with E-state index in [1.807, 2.05) is 0 Å². The van der Waals surface area contributed by atoms with Gasteiger partial charge in [-0.25, -0.2) is 0 Å². The molecule has 2 nitrogen and oxygen atoms in total. The Morgan fingerprint density at radius 3 is 2.40 bits per heavy atom. The van der Waals surface area contributed by atoms with E-state index in [0.717, 1.165) is 0 Å². The molecule has 0 unspecified atom stereocenters. The van der Waals surface area contributed by atoms with Crippen molar-refractivity contribution < 1.29 is 9.53 Å². The summed E-state index contributed by atoms with van der Waals surface area (Å²) in [7, 11) is 0. The zero-order chi connectivity index (χ0) is 8.41. The molecule has 0 saturated heterocycles. The molecule has 0 fully saturated rings. The van der Waals surface area contributed by atoms with Gasteiger partial charge < -0.3 is 4.74 Å². The molecule has 0 saturated carbocycles. The van der Waals surface area contributed by atoms with Gasteiger partial charge in [0.15, 0.2) is 0 Å². The summed E-state index contributed by atoms with van der Waals surface area (Å²) in [5, 5.41) is 0. The predicted molar refractivity (Wildman–Crippen MR) is 42.7 cm³/mol. The highest BCUT2D eigenvalue weighted by molar-refractivity contribution is 5.68. The highest BCUT2D eigenvalue weighted by Crippen LogP contribution is 1.82. The summed E-state index contributed by atoms with van der Waals surface area (Å²) in [5.74, 6) is -0.176. The Bertz CT molecular complexity index is 97.4. The molecular formula is C8H14O2. The van der Waals surface area contributed by atoms with Crippen molar-refractivity contribution in [3.05, 3.63) is 25.8 Å². The first kappa shape index (κ1) is 11.7. The van der Waals surface area contributed by atoms with Crippen LogP contribution in [0.4, 0.5) is 0 Å². The van der Waals surface area contributed by atoms with Crippen LogP contribution in [0, 0.1) is 0 Å². The molecule has 0 bridgehead atoms. The lowest BCUT2D eigenvalue weighted by atomic mass is 10.5. The van der Waals surface area contributed by atoms with Gasteiger partial charge in [0.1, 0.15) is 6.61 Å². The van der Waals surface area contributed by atoms with Gasteiger partial charge in [0, 0.05) is 6.42 Å². The van der Waals surface area contributed by atoms with E-state index in [1.54, 1.807) is 13.0 Å². The fourth-order valence-electron chi connectivity index (χ4n) is 0.254. The van der Waals surface area contributed by atoms with Crippen LogP contribution in [0.15, 0.2) is 25.8 Å². The molecule has 0 atom stereocenters. The molecule has 0 N–H and O–H groups in total. The summed E-state index contributed by atoms with van der Waals surface area (Å²) in [6, 6.07) is 0. The number of rotatable bonds is 3. The maximum absolute atomic E-state index is 10.3. The lowest BCUT2D eigenvalue weighted by Crippen LogP contribution is -2.00. The van der Waals surface area contributed by atoms with Gasteiger partial charge >= 0.3 is 5.97 Å².